The number of nitrogens with one attached hydrogen (secondary N) is 2. The Hall–Kier alpha value is -2.70. The van der Waals surface area contributed by atoms with Crippen LogP contribution in [0.5, 0.6) is 5.75 Å². The number of H-pyrrole nitrogens is 1. The Balaban J connectivity index is 0.885. The molecule has 3 aromatic rings. The Kier molecular flexibility index (Phi) is 11.0. The number of benzene rings is 1. The van der Waals surface area contributed by atoms with Crippen LogP contribution in [0.3, 0.4) is 0 Å². The summed E-state index contributed by atoms with van der Waals surface area (Å²) in [5, 5.41) is 23.8. The highest BCUT2D eigenvalue weighted by Crippen LogP contribution is 2.32. The molecule has 10 nitrogen and oxygen atoms in total. The number of phenolic OH excluding ortho intramolecular Hbond substituents is 1. The van der Waals surface area contributed by atoms with Gasteiger partial charge in [-0.05, 0) is 57.8 Å². The standard InChI is InChI=1S/C32H46N4O6S/c1-23-24(11-19-41-23)30(39)36-18-20-42-32(22-36)12-16-35(17-13-32)15-8-6-4-2-3-5-7-14-33-21-27(38)25-9-10-26(37)28-29(25)43-31(40)34-28/h9-11,19,27,33,37-38H,2-8,12-18,20-22H2,1H3,(H,34,40)/t27-/m0/s1. The molecule has 0 aliphatic carbocycles. The summed E-state index contributed by atoms with van der Waals surface area (Å²) in [5.41, 5.74) is 1.51. The van der Waals surface area contributed by atoms with Crippen LogP contribution >= 0.6 is 11.3 Å². The number of unbranched alkanes of at least 4 members (excludes halogenated alkanes) is 6. The molecule has 4 N–H and O–H groups in total. The summed E-state index contributed by atoms with van der Waals surface area (Å²) in [5.74, 6) is 0.754. The summed E-state index contributed by atoms with van der Waals surface area (Å²) in [6, 6.07) is 4.96. The van der Waals surface area contributed by atoms with E-state index in [9.17, 15) is 19.8 Å². The fourth-order valence-corrected chi connectivity index (χ4v) is 7.32. The summed E-state index contributed by atoms with van der Waals surface area (Å²) >= 11 is 1.01. The van der Waals surface area contributed by atoms with Gasteiger partial charge in [-0.15, -0.1) is 0 Å². The number of piperidine rings is 1. The number of fused-ring (bicyclic) bond motifs is 1. The predicted molar refractivity (Wildman–Crippen MR) is 168 cm³/mol. The van der Waals surface area contributed by atoms with Crippen LogP contribution in [0.15, 0.2) is 33.7 Å². The number of aromatic nitrogens is 1. The van der Waals surface area contributed by atoms with Crippen molar-refractivity contribution in [1.29, 1.82) is 0 Å². The predicted octanol–water partition coefficient (Wildman–Crippen LogP) is 4.56. The molecule has 236 valence electrons. The zero-order valence-electron chi connectivity index (χ0n) is 25.2. The Bertz CT molecular complexity index is 1390. The number of aromatic hydroxyl groups is 1. The smallest absolute Gasteiger partial charge is 0.305 e. The van der Waals surface area contributed by atoms with E-state index < -0.39 is 6.10 Å². The molecule has 1 amide bonds. The number of furan rings is 1. The summed E-state index contributed by atoms with van der Waals surface area (Å²) in [6.07, 6.45) is 11.2. The van der Waals surface area contributed by atoms with Crippen molar-refractivity contribution in [3.05, 3.63) is 51.0 Å². The van der Waals surface area contributed by atoms with E-state index in [0.29, 0.717) is 53.3 Å². The maximum absolute atomic E-state index is 13.0. The first-order valence-corrected chi connectivity index (χ1v) is 16.6. The van der Waals surface area contributed by atoms with Crippen molar-refractivity contribution in [2.24, 2.45) is 0 Å². The van der Waals surface area contributed by atoms with Gasteiger partial charge in [0.15, 0.2) is 0 Å². The van der Waals surface area contributed by atoms with Crippen molar-refractivity contribution in [3.8, 4) is 5.75 Å². The second kappa shape index (κ2) is 14.9. The van der Waals surface area contributed by atoms with E-state index in [2.05, 4.69) is 15.2 Å². The van der Waals surface area contributed by atoms with Gasteiger partial charge in [-0.2, -0.15) is 0 Å². The van der Waals surface area contributed by atoms with Gasteiger partial charge in [0.25, 0.3) is 5.91 Å². The van der Waals surface area contributed by atoms with Gasteiger partial charge in [-0.3, -0.25) is 9.59 Å². The van der Waals surface area contributed by atoms with Crippen molar-refractivity contribution in [3.63, 3.8) is 0 Å². The number of thiazole rings is 1. The molecule has 0 bridgehead atoms. The van der Waals surface area contributed by atoms with Crippen LogP contribution in [0.1, 0.15) is 85.6 Å². The molecule has 1 atom stereocenters. The SMILES string of the molecule is Cc1occc1C(=O)N1CCOC2(CCN(CCCCCCCCCNC[C@H](O)c3ccc(O)c4[nH]c(=O)sc34)CC2)C1. The van der Waals surface area contributed by atoms with Gasteiger partial charge in [0.1, 0.15) is 17.0 Å². The molecule has 2 aromatic heterocycles. The number of aryl methyl sites for hydroxylation is 1. The highest BCUT2D eigenvalue weighted by Gasteiger charge is 2.41. The van der Waals surface area contributed by atoms with Gasteiger partial charge in [-0.25, -0.2) is 0 Å². The molecule has 0 radical (unpaired) electrons. The van der Waals surface area contributed by atoms with E-state index >= 15 is 0 Å². The first kappa shape index (κ1) is 31.7. The number of phenols is 1. The van der Waals surface area contributed by atoms with Gasteiger partial charge < -0.3 is 39.5 Å². The number of morpholine rings is 1. The van der Waals surface area contributed by atoms with Crippen LogP contribution in [-0.4, -0.2) is 88.9 Å². The van der Waals surface area contributed by atoms with E-state index in [1.165, 1.54) is 44.6 Å². The molecule has 4 heterocycles. The number of carbonyl (C=O) groups is 1. The van der Waals surface area contributed by atoms with Crippen molar-refractivity contribution in [2.75, 3.05) is 52.4 Å². The van der Waals surface area contributed by atoms with Crippen molar-refractivity contribution in [2.45, 2.75) is 76.4 Å². The minimum absolute atomic E-state index is 0.0238. The zero-order valence-corrected chi connectivity index (χ0v) is 26.1. The number of aliphatic hydroxyl groups is 1. The van der Waals surface area contributed by atoms with E-state index in [1.807, 2.05) is 11.8 Å². The lowest BCUT2D eigenvalue weighted by molar-refractivity contribution is -0.127. The van der Waals surface area contributed by atoms with E-state index in [0.717, 1.165) is 56.8 Å². The molecule has 2 aliphatic heterocycles. The average Bonchev–Trinajstić information content (AvgIpc) is 3.62. The molecule has 2 saturated heterocycles. The zero-order chi connectivity index (χ0) is 30.2. The van der Waals surface area contributed by atoms with Crippen LogP contribution < -0.4 is 10.2 Å². The third-order valence-electron chi connectivity index (χ3n) is 9.00. The third-order valence-corrected chi connectivity index (χ3v) is 9.94. The topological polar surface area (TPSA) is 131 Å². The minimum Gasteiger partial charge on any atom is -0.506 e. The van der Waals surface area contributed by atoms with Gasteiger partial charge in [-0.1, -0.05) is 49.5 Å². The highest BCUT2D eigenvalue weighted by molar-refractivity contribution is 7.16. The quantitative estimate of drug-likeness (QED) is 0.195. The summed E-state index contributed by atoms with van der Waals surface area (Å²) in [6.45, 7) is 8.18. The number of hydrogen-bond acceptors (Lipinski definition) is 9. The number of rotatable bonds is 14. The van der Waals surface area contributed by atoms with E-state index in [1.54, 1.807) is 18.4 Å². The fraction of sp³-hybridized carbons (Fsp3) is 0.625. The second-order valence-electron chi connectivity index (χ2n) is 12.1. The molecule has 0 unspecified atom stereocenters. The Morgan fingerprint density at radius 1 is 1.09 bits per heavy atom. The number of hydrogen-bond donors (Lipinski definition) is 4. The molecule has 2 fully saturated rings. The monoisotopic (exact) mass is 614 g/mol. The second-order valence-corrected chi connectivity index (χ2v) is 13.1. The molecular formula is C32H46N4O6S. The van der Waals surface area contributed by atoms with Crippen LogP contribution in [0.2, 0.25) is 0 Å². The third kappa shape index (κ3) is 8.07. The Morgan fingerprint density at radius 3 is 2.58 bits per heavy atom. The first-order chi connectivity index (χ1) is 20.8. The number of aromatic amines is 1. The summed E-state index contributed by atoms with van der Waals surface area (Å²) < 4.78 is 12.2. The number of ether oxygens (including phenoxy) is 1. The first-order valence-electron chi connectivity index (χ1n) is 15.8. The minimum atomic E-state index is -0.731. The molecule has 5 rings (SSSR count). The van der Waals surface area contributed by atoms with Gasteiger partial charge in [0, 0.05) is 31.7 Å². The number of amides is 1. The van der Waals surface area contributed by atoms with Gasteiger partial charge in [0.2, 0.25) is 0 Å². The average molecular weight is 615 g/mol. The van der Waals surface area contributed by atoms with Crippen molar-refractivity contribution >= 4 is 27.5 Å². The fourth-order valence-electron chi connectivity index (χ4n) is 6.40. The van der Waals surface area contributed by atoms with Crippen LogP contribution in [0, 0.1) is 6.92 Å². The Morgan fingerprint density at radius 2 is 1.84 bits per heavy atom. The van der Waals surface area contributed by atoms with Crippen molar-refractivity contribution in [1.82, 2.24) is 20.1 Å². The van der Waals surface area contributed by atoms with Crippen molar-refractivity contribution < 1.29 is 24.2 Å². The lowest BCUT2D eigenvalue weighted by atomic mass is 9.89. The largest absolute Gasteiger partial charge is 0.506 e. The number of carbonyl (C=O) groups excluding carboxylic acids is 1. The molecule has 2 aliphatic rings. The maximum atomic E-state index is 13.0. The van der Waals surface area contributed by atoms with Gasteiger partial charge >= 0.3 is 4.87 Å². The maximum Gasteiger partial charge on any atom is 0.305 e. The van der Waals surface area contributed by atoms with Crippen LogP contribution in [0.4, 0.5) is 0 Å². The highest BCUT2D eigenvalue weighted by atomic mass is 32.1. The number of likely N-dealkylation sites (tertiary alicyclic amines) is 1. The van der Waals surface area contributed by atoms with Crippen LogP contribution in [-0.2, 0) is 4.74 Å². The molecule has 0 saturated carbocycles. The van der Waals surface area contributed by atoms with E-state index in [-0.39, 0.29) is 22.1 Å². The molecule has 11 heteroatoms. The van der Waals surface area contributed by atoms with Crippen LogP contribution in [0.25, 0.3) is 10.2 Å². The molecule has 1 aromatic carbocycles. The summed E-state index contributed by atoms with van der Waals surface area (Å²) in [7, 11) is 0. The number of aliphatic hydroxyl groups excluding tert-OH is 1. The lowest BCUT2D eigenvalue weighted by Gasteiger charge is -2.47. The normalized spacial score (nSPS) is 18.0. The van der Waals surface area contributed by atoms with E-state index in [4.69, 9.17) is 9.15 Å². The Labute approximate surface area is 257 Å². The molecular weight excluding hydrogens is 568 g/mol. The molecule has 1 spiro atoms. The number of nitrogens with zero attached hydrogens (tertiary/aromatic N) is 2. The van der Waals surface area contributed by atoms with Gasteiger partial charge in [0.05, 0.1) is 41.4 Å². The lowest BCUT2D eigenvalue weighted by Crippen LogP contribution is -2.58. The molecule has 43 heavy (non-hydrogen) atoms. The summed E-state index contributed by atoms with van der Waals surface area (Å²) in [4.78, 5) is 31.5.